The zero-order valence-corrected chi connectivity index (χ0v) is 12.2. The number of rotatable bonds is 6. The van der Waals surface area contributed by atoms with E-state index in [1.807, 2.05) is 36.2 Å². The number of hydrogen-bond donors (Lipinski definition) is 0. The Bertz CT molecular complexity index is 628. The van der Waals surface area contributed by atoms with Crippen LogP contribution in [0.1, 0.15) is 15.9 Å². The highest BCUT2D eigenvalue weighted by Gasteiger charge is 2.12. The molecule has 0 aliphatic heterocycles. The molecule has 0 heterocycles. The van der Waals surface area contributed by atoms with Gasteiger partial charge >= 0.3 is 0 Å². The van der Waals surface area contributed by atoms with Crippen LogP contribution in [0, 0.1) is 5.82 Å². The Kier molecular flexibility index (Phi) is 5.06. The molecule has 0 amide bonds. The molecule has 0 aliphatic rings. The van der Waals surface area contributed by atoms with Gasteiger partial charge in [-0.2, -0.15) is 0 Å². The molecule has 0 saturated heterocycles. The van der Waals surface area contributed by atoms with Gasteiger partial charge in [-0.05, 0) is 25.2 Å². The molecule has 0 atom stereocenters. The molecule has 2 aromatic rings. The molecule has 0 saturated carbocycles. The number of methoxy groups -OCH3 is 1. The first-order valence-electron chi connectivity index (χ1n) is 6.69. The second-order valence-electron chi connectivity index (χ2n) is 4.92. The minimum Gasteiger partial charge on any atom is -0.496 e. The summed E-state index contributed by atoms with van der Waals surface area (Å²) in [7, 11) is 3.47. The highest BCUT2D eigenvalue weighted by molar-refractivity contribution is 5.97. The van der Waals surface area contributed by atoms with Gasteiger partial charge < -0.3 is 4.74 Å². The van der Waals surface area contributed by atoms with Crippen molar-refractivity contribution in [2.75, 3.05) is 20.7 Å². The first kappa shape index (κ1) is 15.2. The molecule has 4 heteroatoms. The topological polar surface area (TPSA) is 29.5 Å². The number of ketones is 1. The summed E-state index contributed by atoms with van der Waals surface area (Å²) in [5.74, 6) is 0.294. The fourth-order valence-electron chi connectivity index (χ4n) is 2.18. The summed E-state index contributed by atoms with van der Waals surface area (Å²) in [6.07, 6.45) is 0. The van der Waals surface area contributed by atoms with E-state index in [1.165, 1.54) is 12.1 Å². The van der Waals surface area contributed by atoms with Crippen molar-refractivity contribution >= 4 is 5.78 Å². The fourth-order valence-corrected chi connectivity index (χ4v) is 2.18. The van der Waals surface area contributed by atoms with Gasteiger partial charge in [0.1, 0.15) is 11.6 Å². The smallest absolute Gasteiger partial charge is 0.176 e. The molecule has 0 aromatic heterocycles. The molecule has 110 valence electrons. The lowest BCUT2D eigenvalue weighted by atomic mass is 10.1. The number of likely N-dealkylation sites (N-methyl/N-ethyl adjacent to an activating group) is 1. The highest BCUT2D eigenvalue weighted by atomic mass is 19.1. The van der Waals surface area contributed by atoms with Crippen LogP contribution in [-0.4, -0.2) is 31.4 Å². The van der Waals surface area contributed by atoms with E-state index in [2.05, 4.69) is 0 Å². The van der Waals surface area contributed by atoms with Crippen LogP contribution in [0.4, 0.5) is 4.39 Å². The standard InChI is InChI=1S/C17H18FNO2/c1-19(11-14-6-3-4-9-17(14)21-2)12-16(20)13-7-5-8-15(18)10-13/h3-10H,11-12H2,1-2H3. The third-order valence-corrected chi connectivity index (χ3v) is 3.19. The molecule has 3 nitrogen and oxygen atoms in total. The minimum absolute atomic E-state index is 0.105. The Balaban J connectivity index is 2.01. The van der Waals surface area contributed by atoms with E-state index in [4.69, 9.17) is 4.74 Å². The van der Waals surface area contributed by atoms with Crippen LogP contribution in [0.3, 0.4) is 0 Å². The van der Waals surface area contributed by atoms with Crippen molar-refractivity contribution in [1.29, 1.82) is 0 Å². The molecule has 0 N–H and O–H groups in total. The van der Waals surface area contributed by atoms with Crippen LogP contribution in [0.2, 0.25) is 0 Å². The van der Waals surface area contributed by atoms with Gasteiger partial charge in [-0.15, -0.1) is 0 Å². The number of halogens is 1. The van der Waals surface area contributed by atoms with E-state index >= 15 is 0 Å². The van der Waals surface area contributed by atoms with Crippen LogP contribution >= 0.6 is 0 Å². The maximum atomic E-state index is 13.1. The first-order valence-corrected chi connectivity index (χ1v) is 6.69. The van der Waals surface area contributed by atoms with Gasteiger partial charge in [-0.25, -0.2) is 4.39 Å². The SMILES string of the molecule is COc1ccccc1CN(C)CC(=O)c1cccc(F)c1. The first-order chi connectivity index (χ1) is 10.1. The van der Waals surface area contributed by atoms with E-state index < -0.39 is 5.82 Å². The molecule has 0 fully saturated rings. The number of hydrogen-bond acceptors (Lipinski definition) is 3. The Hall–Kier alpha value is -2.20. The Morgan fingerprint density at radius 1 is 1.19 bits per heavy atom. The highest BCUT2D eigenvalue weighted by Crippen LogP contribution is 2.18. The van der Waals surface area contributed by atoms with Gasteiger partial charge in [-0.3, -0.25) is 9.69 Å². The fraction of sp³-hybridized carbons (Fsp3) is 0.235. The third-order valence-electron chi connectivity index (χ3n) is 3.19. The summed E-state index contributed by atoms with van der Waals surface area (Å²) in [4.78, 5) is 14.0. The average molecular weight is 287 g/mol. The predicted molar refractivity (Wildman–Crippen MR) is 80.1 cm³/mol. The Morgan fingerprint density at radius 2 is 1.95 bits per heavy atom. The predicted octanol–water partition coefficient (Wildman–Crippen LogP) is 3.15. The summed E-state index contributed by atoms with van der Waals surface area (Å²) in [6, 6.07) is 13.4. The number of benzene rings is 2. The lowest BCUT2D eigenvalue weighted by Crippen LogP contribution is -2.25. The zero-order chi connectivity index (χ0) is 15.2. The van der Waals surface area contributed by atoms with Crippen LogP contribution < -0.4 is 4.74 Å². The van der Waals surface area contributed by atoms with Crippen molar-refractivity contribution < 1.29 is 13.9 Å². The maximum absolute atomic E-state index is 13.1. The number of carbonyl (C=O) groups excluding carboxylic acids is 1. The lowest BCUT2D eigenvalue weighted by Gasteiger charge is -2.17. The van der Waals surface area contributed by atoms with Crippen molar-refractivity contribution in [3.63, 3.8) is 0 Å². The molecule has 21 heavy (non-hydrogen) atoms. The van der Waals surface area contributed by atoms with Crippen LogP contribution in [-0.2, 0) is 6.54 Å². The molecule has 0 radical (unpaired) electrons. The van der Waals surface area contributed by atoms with E-state index in [9.17, 15) is 9.18 Å². The van der Waals surface area contributed by atoms with Gasteiger partial charge in [0.2, 0.25) is 0 Å². The van der Waals surface area contributed by atoms with Gasteiger partial charge in [0.15, 0.2) is 5.78 Å². The zero-order valence-electron chi connectivity index (χ0n) is 12.2. The quantitative estimate of drug-likeness (QED) is 0.764. The molecule has 0 bridgehead atoms. The molecular weight excluding hydrogens is 269 g/mol. The van der Waals surface area contributed by atoms with Crippen LogP contribution in [0.15, 0.2) is 48.5 Å². The Morgan fingerprint density at radius 3 is 2.67 bits per heavy atom. The second kappa shape index (κ2) is 6.99. The number of ether oxygens (including phenoxy) is 1. The van der Waals surface area contributed by atoms with Crippen molar-refractivity contribution in [2.24, 2.45) is 0 Å². The molecule has 0 aliphatic carbocycles. The van der Waals surface area contributed by atoms with Crippen LogP contribution in [0.5, 0.6) is 5.75 Å². The summed E-state index contributed by atoms with van der Waals surface area (Å²) < 4.78 is 18.4. The summed E-state index contributed by atoms with van der Waals surface area (Å²) in [6.45, 7) is 0.812. The summed E-state index contributed by atoms with van der Waals surface area (Å²) in [5, 5.41) is 0. The molecule has 0 spiro atoms. The van der Waals surface area contributed by atoms with Gasteiger partial charge in [0.25, 0.3) is 0 Å². The van der Waals surface area contributed by atoms with E-state index in [1.54, 1.807) is 19.2 Å². The minimum atomic E-state index is -0.395. The van der Waals surface area contributed by atoms with E-state index in [-0.39, 0.29) is 12.3 Å². The van der Waals surface area contributed by atoms with Crippen molar-refractivity contribution in [2.45, 2.75) is 6.54 Å². The van der Waals surface area contributed by atoms with Gasteiger partial charge in [0.05, 0.1) is 13.7 Å². The van der Waals surface area contributed by atoms with Crippen LogP contribution in [0.25, 0.3) is 0 Å². The van der Waals surface area contributed by atoms with Crippen molar-refractivity contribution in [1.82, 2.24) is 4.90 Å². The molecular formula is C17H18FNO2. The largest absolute Gasteiger partial charge is 0.496 e. The molecule has 2 rings (SSSR count). The Labute approximate surface area is 124 Å². The third kappa shape index (κ3) is 4.13. The number of carbonyl (C=O) groups is 1. The van der Waals surface area contributed by atoms with E-state index in [0.717, 1.165) is 11.3 Å². The summed E-state index contributed by atoms with van der Waals surface area (Å²) in [5.41, 5.74) is 1.40. The molecule has 0 unspecified atom stereocenters. The lowest BCUT2D eigenvalue weighted by molar-refractivity contribution is 0.0942. The number of Topliss-reactive ketones (excluding diaryl/α,β-unsaturated/α-hetero) is 1. The number of para-hydroxylation sites is 1. The molecule has 2 aromatic carbocycles. The van der Waals surface area contributed by atoms with Crippen molar-refractivity contribution in [3.05, 3.63) is 65.5 Å². The maximum Gasteiger partial charge on any atom is 0.176 e. The monoisotopic (exact) mass is 287 g/mol. The second-order valence-corrected chi connectivity index (χ2v) is 4.92. The average Bonchev–Trinajstić information content (AvgIpc) is 2.47. The van der Waals surface area contributed by atoms with E-state index in [0.29, 0.717) is 12.1 Å². The number of nitrogens with zero attached hydrogens (tertiary/aromatic N) is 1. The van der Waals surface area contributed by atoms with Gasteiger partial charge in [-0.1, -0.05) is 30.3 Å². The van der Waals surface area contributed by atoms with Crippen molar-refractivity contribution in [3.8, 4) is 5.75 Å². The normalized spacial score (nSPS) is 10.7. The van der Waals surface area contributed by atoms with Gasteiger partial charge in [0, 0.05) is 17.7 Å². The summed E-state index contributed by atoms with van der Waals surface area (Å²) >= 11 is 0.